The first-order valence-electron chi connectivity index (χ1n) is 7.65. The molecule has 2 aromatic heterocycles. The van der Waals surface area contributed by atoms with Gasteiger partial charge in [0.2, 0.25) is 0 Å². The van der Waals surface area contributed by atoms with E-state index < -0.39 is 0 Å². The molecule has 0 radical (unpaired) electrons. The lowest BCUT2D eigenvalue weighted by Gasteiger charge is -2.17. The number of nitrogens with one attached hydrogen (secondary N) is 1. The van der Waals surface area contributed by atoms with Gasteiger partial charge in [-0.25, -0.2) is 4.79 Å². The van der Waals surface area contributed by atoms with Crippen LogP contribution in [0.1, 0.15) is 23.6 Å². The van der Waals surface area contributed by atoms with Gasteiger partial charge in [-0.05, 0) is 36.2 Å². The van der Waals surface area contributed by atoms with E-state index in [1.807, 2.05) is 47.6 Å². The molecule has 5 heteroatoms. The van der Waals surface area contributed by atoms with Crippen molar-refractivity contribution in [2.45, 2.75) is 18.8 Å². The van der Waals surface area contributed by atoms with Crippen LogP contribution in [0.25, 0.3) is 0 Å². The average Bonchev–Trinajstić information content (AvgIpc) is 3.07. The number of likely N-dealkylation sites (tertiary alicyclic amines) is 1. The second-order valence-electron chi connectivity index (χ2n) is 5.52. The van der Waals surface area contributed by atoms with E-state index in [-0.39, 0.29) is 6.03 Å². The van der Waals surface area contributed by atoms with Crippen molar-refractivity contribution in [1.82, 2.24) is 20.2 Å². The summed E-state index contributed by atoms with van der Waals surface area (Å²) in [6.45, 7) is 2.20. The van der Waals surface area contributed by atoms with Crippen LogP contribution in [0.4, 0.5) is 4.79 Å². The van der Waals surface area contributed by atoms with E-state index in [1.54, 1.807) is 6.20 Å². The predicted octanol–water partition coefficient (Wildman–Crippen LogP) is 2.22. The monoisotopic (exact) mass is 296 g/mol. The van der Waals surface area contributed by atoms with Gasteiger partial charge in [-0.2, -0.15) is 0 Å². The van der Waals surface area contributed by atoms with Gasteiger partial charge >= 0.3 is 6.03 Å². The Morgan fingerprint density at radius 1 is 1.23 bits per heavy atom. The number of pyridine rings is 2. The summed E-state index contributed by atoms with van der Waals surface area (Å²) >= 11 is 0. The summed E-state index contributed by atoms with van der Waals surface area (Å²) in [6, 6.07) is 9.92. The van der Waals surface area contributed by atoms with Crippen LogP contribution < -0.4 is 5.32 Å². The second kappa shape index (κ2) is 7.02. The van der Waals surface area contributed by atoms with Gasteiger partial charge in [-0.1, -0.05) is 6.07 Å². The zero-order valence-corrected chi connectivity index (χ0v) is 12.5. The van der Waals surface area contributed by atoms with Crippen molar-refractivity contribution < 1.29 is 4.79 Å². The summed E-state index contributed by atoms with van der Waals surface area (Å²) in [5.74, 6) is 0.421. The van der Waals surface area contributed by atoms with Gasteiger partial charge in [0.15, 0.2) is 0 Å². The number of nitrogens with zero attached hydrogens (tertiary/aromatic N) is 3. The van der Waals surface area contributed by atoms with Gasteiger partial charge < -0.3 is 10.2 Å². The summed E-state index contributed by atoms with van der Waals surface area (Å²) in [7, 11) is 0. The van der Waals surface area contributed by atoms with E-state index in [0.29, 0.717) is 12.5 Å². The molecule has 2 amide bonds. The van der Waals surface area contributed by atoms with E-state index in [1.165, 1.54) is 5.56 Å². The van der Waals surface area contributed by atoms with Crippen LogP contribution in [-0.2, 0) is 6.42 Å². The van der Waals surface area contributed by atoms with Crippen LogP contribution in [0.2, 0.25) is 0 Å². The molecule has 0 aromatic carbocycles. The van der Waals surface area contributed by atoms with Crippen LogP contribution in [0.5, 0.6) is 0 Å². The topological polar surface area (TPSA) is 58.1 Å². The zero-order valence-electron chi connectivity index (χ0n) is 12.5. The molecule has 0 saturated carbocycles. The summed E-state index contributed by atoms with van der Waals surface area (Å²) in [5, 5.41) is 2.98. The SMILES string of the molecule is O=C(NCCc1ccccn1)N1CCC(c2ccncc2)C1. The largest absolute Gasteiger partial charge is 0.338 e. The van der Waals surface area contributed by atoms with E-state index in [4.69, 9.17) is 0 Å². The first-order valence-corrected chi connectivity index (χ1v) is 7.65. The van der Waals surface area contributed by atoms with Gasteiger partial charge in [0, 0.05) is 56.3 Å². The summed E-state index contributed by atoms with van der Waals surface area (Å²) in [6.07, 6.45) is 7.17. The van der Waals surface area contributed by atoms with Gasteiger partial charge in [0.25, 0.3) is 0 Å². The van der Waals surface area contributed by atoms with Crippen molar-refractivity contribution in [3.8, 4) is 0 Å². The number of rotatable bonds is 4. The highest BCUT2D eigenvalue weighted by Crippen LogP contribution is 2.26. The maximum absolute atomic E-state index is 12.2. The quantitative estimate of drug-likeness (QED) is 0.941. The molecule has 1 atom stereocenters. The highest BCUT2D eigenvalue weighted by molar-refractivity contribution is 5.74. The molecule has 0 spiro atoms. The Bertz CT molecular complexity index is 603. The number of urea groups is 1. The van der Waals surface area contributed by atoms with Crippen LogP contribution in [0.15, 0.2) is 48.9 Å². The molecule has 0 bridgehead atoms. The van der Waals surface area contributed by atoms with Crippen molar-refractivity contribution in [2.24, 2.45) is 0 Å². The highest BCUT2D eigenvalue weighted by atomic mass is 16.2. The summed E-state index contributed by atoms with van der Waals surface area (Å²) in [4.78, 5) is 22.4. The maximum atomic E-state index is 12.2. The molecule has 1 unspecified atom stereocenters. The molecule has 0 aliphatic carbocycles. The molecular weight excluding hydrogens is 276 g/mol. The molecule has 3 rings (SSSR count). The Hall–Kier alpha value is -2.43. The molecule has 1 saturated heterocycles. The molecule has 1 aliphatic heterocycles. The van der Waals surface area contributed by atoms with E-state index >= 15 is 0 Å². The Balaban J connectivity index is 1.46. The molecule has 22 heavy (non-hydrogen) atoms. The molecule has 114 valence electrons. The van der Waals surface area contributed by atoms with Crippen molar-refractivity contribution >= 4 is 6.03 Å². The minimum absolute atomic E-state index is 0.0208. The number of carbonyl (C=O) groups is 1. The minimum atomic E-state index is 0.0208. The normalized spacial score (nSPS) is 17.5. The number of hydrogen-bond donors (Lipinski definition) is 1. The second-order valence-corrected chi connectivity index (χ2v) is 5.52. The summed E-state index contributed by atoms with van der Waals surface area (Å²) in [5.41, 5.74) is 2.26. The smallest absolute Gasteiger partial charge is 0.317 e. The number of carbonyl (C=O) groups excluding carboxylic acids is 1. The molecule has 1 fully saturated rings. The predicted molar refractivity (Wildman–Crippen MR) is 84.5 cm³/mol. The lowest BCUT2D eigenvalue weighted by Crippen LogP contribution is -2.39. The third-order valence-electron chi connectivity index (χ3n) is 4.04. The zero-order chi connectivity index (χ0) is 15.2. The highest BCUT2D eigenvalue weighted by Gasteiger charge is 2.26. The van der Waals surface area contributed by atoms with Crippen LogP contribution in [0.3, 0.4) is 0 Å². The van der Waals surface area contributed by atoms with Gasteiger partial charge in [0.1, 0.15) is 0 Å². The Morgan fingerprint density at radius 2 is 2.09 bits per heavy atom. The minimum Gasteiger partial charge on any atom is -0.338 e. The van der Waals surface area contributed by atoms with Gasteiger partial charge in [0.05, 0.1) is 0 Å². The first kappa shape index (κ1) is 14.5. The van der Waals surface area contributed by atoms with Crippen molar-refractivity contribution in [1.29, 1.82) is 0 Å². The van der Waals surface area contributed by atoms with Gasteiger partial charge in [-0.15, -0.1) is 0 Å². The van der Waals surface area contributed by atoms with Gasteiger partial charge in [-0.3, -0.25) is 9.97 Å². The fourth-order valence-electron chi connectivity index (χ4n) is 2.81. The van der Waals surface area contributed by atoms with E-state index in [2.05, 4.69) is 15.3 Å². The molecule has 5 nitrogen and oxygen atoms in total. The number of amides is 2. The van der Waals surface area contributed by atoms with E-state index in [0.717, 1.165) is 31.6 Å². The van der Waals surface area contributed by atoms with Crippen molar-refractivity contribution in [3.63, 3.8) is 0 Å². The van der Waals surface area contributed by atoms with Crippen molar-refractivity contribution in [3.05, 3.63) is 60.2 Å². The molecular formula is C17H20N4O. The molecule has 1 aliphatic rings. The third kappa shape index (κ3) is 3.61. The van der Waals surface area contributed by atoms with E-state index in [9.17, 15) is 4.79 Å². The Kier molecular flexibility index (Phi) is 4.63. The lowest BCUT2D eigenvalue weighted by molar-refractivity contribution is 0.208. The fourth-order valence-corrected chi connectivity index (χ4v) is 2.81. The van der Waals surface area contributed by atoms with Crippen LogP contribution >= 0.6 is 0 Å². The van der Waals surface area contributed by atoms with Crippen LogP contribution in [-0.4, -0.2) is 40.5 Å². The first-order chi connectivity index (χ1) is 10.8. The maximum Gasteiger partial charge on any atom is 0.317 e. The third-order valence-corrected chi connectivity index (χ3v) is 4.04. The fraction of sp³-hybridized carbons (Fsp3) is 0.353. The average molecular weight is 296 g/mol. The lowest BCUT2D eigenvalue weighted by atomic mass is 10.00. The standard InChI is InChI=1S/C17H20N4O/c22-17(20-11-6-16-3-1-2-8-19-16)21-12-7-15(13-21)14-4-9-18-10-5-14/h1-5,8-10,15H,6-7,11-13H2,(H,20,22). The Labute approximate surface area is 130 Å². The Morgan fingerprint density at radius 3 is 2.86 bits per heavy atom. The molecule has 3 heterocycles. The number of aromatic nitrogens is 2. The van der Waals surface area contributed by atoms with Crippen LogP contribution in [0, 0.1) is 0 Å². The molecule has 2 aromatic rings. The summed E-state index contributed by atoms with van der Waals surface area (Å²) < 4.78 is 0. The van der Waals surface area contributed by atoms with Crippen molar-refractivity contribution in [2.75, 3.05) is 19.6 Å². The molecule has 1 N–H and O–H groups in total. The number of hydrogen-bond acceptors (Lipinski definition) is 3.